The molecular weight excluding hydrogens is 206 g/mol. The summed E-state index contributed by atoms with van der Waals surface area (Å²) in [7, 11) is 1.63. The van der Waals surface area contributed by atoms with E-state index < -0.39 is 11.5 Å². The lowest BCUT2D eigenvalue weighted by molar-refractivity contribution is -0.145. The summed E-state index contributed by atoms with van der Waals surface area (Å²) < 4.78 is 4.95. The topological polar surface area (TPSA) is 58.6 Å². The Bertz CT molecular complexity index is 232. The van der Waals surface area contributed by atoms with Crippen molar-refractivity contribution in [1.82, 2.24) is 5.32 Å². The molecule has 1 saturated carbocycles. The molecule has 16 heavy (non-hydrogen) atoms. The molecule has 1 aliphatic carbocycles. The normalized spacial score (nSPS) is 31.0. The lowest BCUT2D eigenvalue weighted by Gasteiger charge is -2.29. The Hall–Kier alpha value is -0.610. The van der Waals surface area contributed by atoms with Crippen molar-refractivity contribution < 1.29 is 14.6 Å². The van der Waals surface area contributed by atoms with E-state index in [1.54, 1.807) is 7.11 Å². The maximum absolute atomic E-state index is 11.4. The van der Waals surface area contributed by atoms with Gasteiger partial charge in [-0.25, -0.2) is 0 Å². The smallest absolute Gasteiger partial charge is 0.323 e. The third kappa shape index (κ3) is 3.46. The number of carboxylic acid groups (broad SMARTS) is 1. The Kier molecular flexibility index (Phi) is 5.22. The highest BCUT2D eigenvalue weighted by atomic mass is 16.5. The molecule has 0 bridgehead atoms. The zero-order chi connectivity index (χ0) is 12.0. The zero-order valence-corrected chi connectivity index (χ0v) is 10.3. The number of methoxy groups -OCH3 is 1. The van der Waals surface area contributed by atoms with Crippen LogP contribution in [-0.4, -0.2) is 36.9 Å². The van der Waals surface area contributed by atoms with Crippen molar-refractivity contribution in [2.75, 3.05) is 20.3 Å². The maximum atomic E-state index is 11.4. The van der Waals surface area contributed by atoms with Crippen LogP contribution in [0, 0.1) is 5.92 Å². The van der Waals surface area contributed by atoms with Gasteiger partial charge < -0.3 is 9.84 Å². The van der Waals surface area contributed by atoms with Crippen molar-refractivity contribution in [3.05, 3.63) is 0 Å². The Morgan fingerprint density at radius 1 is 1.50 bits per heavy atom. The average Bonchev–Trinajstić information content (AvgIpc) is 2.42. The monoisotopic (exact) mass is 229 g/mol. The minimum atomic E-state index is -0.719. The molecule has 0 radical (unpaired) electrons. The molecule has 0 spiro atoms. The molecule has 2 unspecified atom stereocenters. The van der Waals surface area contributed by atoms with Crippen molar-refractivity contribution in [3.8, 4) is 0 Å². The van der Waals surface area contributed by atoms with Gasteiger partial charge in [-0.2, -0.15) is 0 Å². The molecule has 1 fully saturated rings. The van der Waals surface area contributed by atoms with Gasteiger partial charge in [-0.15, -0.1) is 0 Å². The van der Waals surface area contributed by atoms with E-state index >= 15 is 0 Å². The molecule has 94 valence electrons. The van der Waals surface area contributed by atoms with Crippen molar-refractivity contribution in [1.29, 1.82) is 0 Å². The summed E-state index contributed by atoms with van der Waals surface area (Å²) in [5.41, 5.74) is -0.719. The first-order chi connectivity index (χ1) is 7.60. The number of ether oxygens (including phenoxy) is 1. The molecule has 1 aliphatic rings. The quantitative estimate of drug-likeness (QED) is 0.556. The summed E-state index contributed by atoms with van der Waals surface area (Å²) in [6.45, 7) is 3.37. The highest BCUT2D eigenvalue weighted by Gasteiger charge is 2.38. The van der Waals surface area contributed by atoms with Gasteiger partial charge in [0, 0.05) is 13.7 Å². The first kappa shape index (κ1) is 13.5. The van der Waals surface area contributed by atoms with Crippen LogP contribution in [0.2, 0.25) is 0 Å². The lowest BCUT2D eigenvalue weighted by Crippen LogP contribution is -2.52. The second kappa shape index (κ2) is 6.21. The van der Waals surface area contributed by atoms with Gasteiger partial charge in [0.05, 0.1) is 6.61 Å². The van der Waals surface area contributed by atoms with Crippen LogP contribution in [0.25, 0.3) is 0 Å². The van der Waals surface area contributed by atoms with Gasteiger partial charge in [-0.3, -0.25) is 10.1 Å². The van der Waals surface area contributed by atoms with Crippen LogP contribution < -0.4 is 5.32 Å². The number of nitrogens with one attached hydrogen (secondary N) is 1. The van der Waals surface area contributed by atoms with E-state index in [1.165, 1.54) is 0 Å². The number of carbonyl (C=O) groups is 1. The first-order valence-corrected chi connectivity index (χ1v) is 6.08. The van der Waals surface area contributed by atoms with E-state index in [2.05, 4.69) is 12.2 Å². The summed E-state index contributed by atoms with van der Waals surface area (Å²) in [4.78, 5) is 11.4. The lowest BCUT2D eigenvalue weighted by atomic mass is 9.90. The molecule has 4 nitrogen and oxygen atoms in total. The second-order valence-corrected chi connectivity index (χ2v) is 4.84. The molecule has 0 aliphatic heterocycles. The summed E-state index contributed by atoms with van der Waals surface area (Å²) in [6.07, 6.45) is 4.59. The molecule has 4 heteroatoms. The second-order valence-electron chi connectivity index (χ2n) is 4.84. The minimum absolute atomic E-state index is 0.560. The minimum Gasteiger partial charge on any atom is -0.480 e. The molecule has 0 aromatic carbocycles. The number of hydrogen-bond donors (Lipinski definition) is 2. The molecule has 2 N–H and O–H groups in total. The van der Waals surface area contributed by atoms with E-state index in [0.717, 1.165) is 32.1 Å². The summed E-state index contributed by atoms with van der Waals surface area (Å²) in [5, 5.41) is 12.6. The Morgan fingerprint density at radius 3 is 2.88 bits per heavy atom. The highest BCUT2D eigenvalue weighted by molar-refractivity contribution is 5.78. The fourth-order valence-electron chi connectivity index (χ4n) is 2.37. The van der Waals surface area contributed by atoms with Crippen LogP contribution in [0.4, 0.5) is 0 Å². The van der Waals surface area contributed by atoms with Crippen LogP contribution in [-0.2, 0) is 9.53 Å². The SMILES string of the molecule is COCCNC1(C(=O)O)CCCC(C)CC1. The van der Waals surface area contributed by atoms with Crippen molar-refractivity contribution in [2.24, 2.45) is 5.92 Å². The fourth-order valence-corrected chi connectivity index (χ4v) is 2.37. The van der Waals surface area contributed by atoms with Gasteiger partial charge in [0.1, 0.15) is 5.54 Å². The number of aliphatic carboxylic acids is 1. The van der Waals surface area contributed by atoms with Gasteiger partial charge in [-0.1, -0.05) is 19.8 Å². The predicted molar refractivity (Wildman–Crippen MR) is 62.5 cm³/mol. The summed E-state index contributed by atoms with van der Waals surface area (Å²) >= 11 is 0. The third-order valence-electron chi connectivity index (χ3n) is 3.54. The van der Waals surface area contributed by atoms with E-state index in [-0.39, 0.29) is 0 Å². The molecule has 1 rings (SSSR count). The van der Waals surface area contributed by atoms with E-state index in [4.69, 9.17) is 4.74 Å². The number of hydrogen-bond acceptors (Lipinski definition) is 3. The van der Waals surface area contributed by atoms with Crippen LogP contribution in [0.1, 0.15) is 39.0 Å². The van der Waals surface area contributed by atoms with Crippen LogP contribution in [0.15, 0.2) is 0 Å². The van der Waals surface area contributed by atoms with Gasteiger partial charge >= 0.3 is 5.97 Å². The Balaban J connectivity index is 2.60. The number of carboxylic acids is 1. The average molecular weight is 229 g/mol. The maximum Gasteiger partial charge on any atom is 0.323 e. The molecule has 0 saturated heterocycles. The van der Waals surface area contributed by atoms with Crippen LogP contribution in [0.3, 0.4) is 0 Å². The molecular formula is C12H23NO3. The Labute approximate surface area is 97.4 Å². The molecule has 0 heterocycles. The van der Waals surface area contributed by atoms with Gasteiger partial charge in [0.2, 0.25) is 0 Å². The van der Waals surface area contributed by atoms with Crippen molar-refractivity contribution in [2.45, 2.75) is 44.6 Å². The largest absolute Gasteiger partial charge is 0.480 e. The van der Waals surface area contributed by atoms with Gasteiger partial charge in [0.15, 0.2) is 0 Å². The van der Waals surface area contributed by atoms with Gasteiger partial charge in [-0.05, 0) is 25.2 Å². The molecule has 2 atom stereocenters. The Morgan fingerprint density at radius 2 is 2.25 bits per heavy atom. The molecule has 0 aromatic rings. The zero-order valence-electron chi connectivity index (χ0n) is 10.3. The van der Waals surface area contributed by atoms with Crippen LogP contribution >= 0.6 is 0 Å². The number of rotatable bonds is 5. The van der Waals surface area contributed by atoms with E-state index in [0.29, 0.717) is 19.1 Å². The fraction of sp³-hybridized carbons (Fsp3) is 0.917. The predicted octanol–water partition coefficient (Wildman–Crippen LogP) is 1.65. The summed E-state index contributed by atoms with van der Waals surface area (Å²) in [5.74, 6) is -0.0665. The standard InChI is InChI=1S/C12H23NO3/c1-10-4-3-6-12(7-5-10,11(14)15)13-8-9-16-2/h10,13H,3-9H2,1-2H3,(H,14,15). The van der Waals surface area contributed by atoms with Crippen molar-refractivity contribution in [3.63, 3.8) is 0 Å². The van der Waals surface area contributed by atoms with Crippen LogP contribution in [0.5, 0.6) is 0 Å². The first-order valence-electron chi connectivity index (χ1n) is 6.08. The summed E-state index contributed by atoms with van der Waals surface area (Å²) in [6, 6.07) is 0. The third-order valence-corrected chi connectivity index (χ3v) is 3.54. The van der Waals surface area contributed by atoms with E-state index in [9.17, 15) is 9.90 Å². The highest BCUT2D eigenvalue weighted by Crippen LogP contribution is 2.30. The van der Waals surface area contributed by atoms with Gasteiger partial charge in [0.25, 0.3) is 0 Å². The molecule has 0 amide bonds. The van der Waals surface area contributed by atoms with E-state index in [1.807, 2.05) is 0 Å². The molecule has 0 aromatic heterocycles. The van der Waals surface area contributed by atoms with Crippen molar-refractivity contribution >= 4 is 5.97 Å².